The second-order valence-corrected chi connectivity index (χ2v) is 6.26. The Bertz CT molecular complexity index is 938. The number of carbonyl (C=O) groups excluding carboxylic acids is 2. The first-order valence-corrected chi connectivity index (χ1v) is 8.85. The van der Waals surface area contributed by atoms with Gasteiger partial charge in [-0.05, 0) is 17.3 Å². The predicted octanol–water partition coefficient (Wildman–Crippen LogP) is -1.47. The van der Waals surface area contributed by atoms with Crippen LogP contribution in [0.4, 0.5) is 11.4 Å². The van der Waals surface area contributed by atoms with Gasteiger partial charge in [0.15, 0.2) is 0 Å². The summed E-state index contributed by atoms with van der Waals surface area (Å²) in [5.74, 6) is -1.19. The van der Waals surface area contributed by atoms with Crippen LogP contribution in [0.2, 0.25) is 0 Å². The summed E-state index contributed by atoms with van der Waals surface area (Å²) in [5, 5.41) is 45.0. The number of hydrogen-bond donors (Lipinski definition) is 4. The molecular weight excluding hydrogens is 410 g/mol. The molecule has 2 radical (unpaired) electrons. The lowest BCUT2D eigenvalue weighted by atomic mass is 9.87. The van der Waals surface area contributed by atoms with Crippen molar-refractivity contribution < 1.29 is 29.5 Å². The summed E-state index contributed by atoms with van der Waals surface area (Å²) in [6.45, 7) is 0.259. The van der Waals surface area contributed by atoms with Crippen molar-refractivity contribution in [3.8, 4) is 0 Å². The Morgan fingerprint density at radius 1 is 0.774 bits per heavy atom. The standard InChI is InChI=1S/C17H16B2N4O8/c24-16(10-4-12(18-26)8-14(6-10)22(28)29)20-2-1-3-21-17(25)11-5-13(19-27)9-15(7-11)23(30)31/h4-9,26-27H,1-3H2,(H,20,24)(H,21,25). The minimum atomic E-state index is -0.687. The minimum absolute atomic E-state index is 0.0112. The van der Waals surface area contributed by atoms with Crippen molar-refractivity contribution >= 4 is 49.1 Å². The van der Waals surface area contributed by atoms with Gasteiger partial charge < -0.3 is 20.7 Å². The molecule has 158 valence electrons. The number of benzene rings is 2. The highest BCUT2D eigenvalue weighted by molar-refractivity contribution is 6.46. The van der Waals surface area contributed by atoms with Crippen LogP contribution in [0, 0.1) is 20.2 Å². The van der Waals surface area contributed by atoms with Gasteiger partial charge in [0, 0.05) is 48.5 Å². The summed E-state index contributed by atoms with van der Waals surface area (Å²) >= 11 is 0. The Balaban J connectivity index is 1.88. The fourth-order valence-electron chi connectivity index (χ4n) is 2.59. The van der Waals surface area contributed by atoms with Gasteiger partial charge in [-0.15, -0.1) is 0 Å². The molecule has 0 bridgehead atoms. The average molecular weight is 426 g/mol. The van der Waals surface area contributed by atoms with Crippen LogP contribution in [-0.4, -0.2) is 59.8 Å². The van der Waals surface area contributed by atoms with E-state index in [2.05, 4.69) is 10.6 Å². The van der Waals surface area contributed by atoms with Gasteiger partial charge in [-0.1, -0.05) is 12.1 Å². The maximum Gasteiger partial charge on any atom is 0.327 e. The second-order valence-electron chi connectivity index (χ2n) is 6.26. The largest absolute Gasteiger partial charge is 0.450 e. The summed E-state index contributed by atoms with van der Waals surface area (Å²) in [5.41, 5.74) is -0.523. The van der Waals surface area contributed by atoms with Crippen molar-refractivity contribution in [3.05, 3.63) is 67.8 Å². The van der Waals surface area contributed by atoms with E-state index in [0.29, 0.717) is 21.4 Å². The molecule has 0 aliphatic heterocycles. The number of nitrogens with one attached hydrogen (secondary N) is 2. The van der Waals surface area contributed by atoms with Gasteiger partial charge in [-0.2, -0.15) is 0 Å². The Hall–Kier alpha value is -3.77. The van der Waals surface area contributed by atoms with E-state index in [0.717, 1.165) is 24.3 Å². The van der Waals surface area contributed by atoms with E-state index in [-0.39, 0.29) is 46.5 Å². The molecule has 2 aromatic carbocycles. The van der Waals surface area contributed by atoms with Crippen molar-refractivity contribution in [1.82, 2.24) is 10.6 Å². The van der Waals surface area contributed by atoms with E-state index in [4.69, 9.17) is 10.0 Å². The van der Waals surface area contributed by atoms with Gasteiger partial charge >= 0.3 is 15.0 Å². The fraction of sp³-hybridized carbons (Fsp3) is 0.176. The Labute approximate surface area is 177 Å². The minimum Gasteiger partial charge on any atom is -0.450 e. The molecule has 0 atom stereocenters. The highest BCUT2D eigenvalue weighted by Gasteiger charge is 2.16. The molecule has 4 N–H and O–H groups in total. The fourth-order valence-corrected chi connectivity index (χ4v) is 2.59. The Kier molecular flexibility index (Phi) is 8.23. The van der Waals surface area contributed by atoms with Gasteiger partial charge in [0.25, 0.3) is 23.2 Å². The lowest BCUT2D eigenvalue weighted by Gasteiger charge is -2.08. The summed E-state index contributed by atoms with van der Waals surface area (Å²) in [7, 11) is 1.29. The van der Waals surface area contributed by atoms with E-state index < -0.39 is 21.7 Å². The van der Waals surface area contributed by atoms with Crippen LogP contribution in [0.25, 0.3) is 0 Å². The molecule has 0 spiro atoms. The topological polar surface area (TPSA) is 185 Å². The quantitative estimate of drug-likeness (QED) is 0.154. The van der Waals surface area contributed by atoms with E-state index in [1.165, 1.54) is 12.1 Å². The van der Waals surface area contributed by atoms with Crippen molar-refractivity contribution in [2.24, 2.45) is 0 Å². The van der Waals surface area contributed by atoms with E-state index in [9.17, 15) is 29.8 Å². The lowest BCUT2D eigenvalue weighted by Crippen LogP contribution is -2.31. The van der Waals surface area contributed by atoms with E-state index in [1.54, 1.807) is 0 Å². The second kappa shape index (κ2) is 10.8. The zero-order chi connectivity index (χ0) is 23.0. The number of hydrogen-bond acceptors (Lipinski definition) is 8. The molecule has 0 aromatic heterocycles. The molecule has 2 aromatic rings. The summed E-state index contributed by atoms with van der Waals surface area (Å²) in [6, 6.07) is 6.93. The molecule has 0 fully saturated rings. The summed E-state index contributed by atoms with van der Waals surface area (Å²) in [6.07, 6.45) is 0.305. The number of rotatable bonds is 10. The molecule has 0 saturated carbocycles. The SMILES string of the molecule is O=C(NCCCNC(=O)c1cc([B]O)cc([N+](=O)[O-])c1)c1cc([B]O)cc([N+](=O)[O-])c1. The Morgan fingerprint density at radius 3 is 1.48 bits per heavy atom. The van der Waals surface area contributed by atoms with Gasteiger partial charge in [0.1, 0.15) is 0 Å². The van der Waals surface area contributed by atoms with E-state index in [1.807, 2.05) is 0 Å². The van der Waals surface area contributed by atoms with Crippen molar-refractivity contribution in [2.45, 2.75) is 6.42 Å². The van der Waals surface area contributed by atoms with Crippen molar-refractivity contribution in [1.29, 1.82) is 0 Å². The maximum absolute atomic E-state index is 12.2. The molecule has 2 rings (SSSR count). The van der Waals surface area contributed by atoms with Crippen molar-refractivity contribution in [2.75, 3.05) is 13.1 Å². The third-order valence-electron chi connectivity index (χ3n) is 4.05. The molecule has 0 saturated heterocycles. The monoisotopic (exact) mass is 426 g/mol. The molecule has 0 unspecified atom stereocenters. The Morgan fingerprint density at radius 2 is 1.16 bits per heavy atom. The lowest BCUT2D eigenvalue weighted by molar-refractivity contribution is -0.385. The number of non-ortho nitro benzene ring substituents is 2. The zero-order valence-electron chi connectivity index (χ0n) is 16.0. The number of nitro groups is 2. The summed E-state index contributed by atoms with van der Waals surface area (Å²) < 4.78 is 0. The van der Waals surface area contributed by atoms with Crippen LogP contribution in [0.1, 0.15) is 27.1 Å². The van der Waals surface area contributed by atoms with Crippen LogP contribution in [0.5, 0.6) is 0 Å². The first kappa shape index (κ1) is 23.5. The molecule has 31 heavy (non-hydrogen) atoms. The summed E-state index contributed by atoms with van der Waals surface area (Å²) in [4.78, 5) is 44.8. The van der Waals surface area contributed by atoms with Crippen LogP contribution < -0.4 is 21.6 Å². The zero-order valence-corrected chi connectivity index (χ0v) is 16.0. The van der Waals surface area contributed by atoms with E-state index >= 15 is 0 Å². The van der Waals surface area contributed by atoms with Gasteiger partial charge in [-0.25, -0.2) is 0 Å². The number of nitrogens with zero attached hydrogens (tertiary/aromatic N) is 2. The molecule has 0 aliphatic carbocycles. The molecule has 2 amide bonds. The molecular formula is C17H16B2N4O8. The van der Waals surface area contributed by atoms with Gasteiger partial charge in [0.05, 0.1) is 9.85 Å². The van der Waals surface area contributed by atoms with Crippen LogP contribution in [0.15, 0.2) is 36.4 Å². The van der Waals surface area contributed by atoms with Crippen LogP contribution in [0.3, 0.4) is 0 Å². The first-order chi connectivity index (χ1) is 14.7. The maximum atomic E-state index is 12.2. The third-order valence-corrected chi connectivity index (χ3v) is 4.05. The van der Waals surface area contributed by atoms with Crippen molar-refractivity contribution in [3.63, 3.8) is 0 Å². The smallest absolute Gasteiger partial charge is 0.327 e. The number of nitro benzene ring substituents is 2. The highest BCUT2D eigenvalue weighted by Crippen LogP contribution is 2.12. The number of amides is 2. The van der Waals surface area contributed by atoms with Gasteiger partial charge in [0.2, 0.25) is 0 Å². The van der Waals surface area contributed by atoms with Crippen LogP contribution >= 0.6 is 0 Å². The third kappa shape index (κ3) is 6.62. The average Bonchev–Trinajstić information content (AvgIpc) is 2.77. The van der Waals surface area contributed by atoms with Crippen LogP contribution in [-0.2, 0) is 0 Å². The molecule has 12 nitrogen and oxygen atoms in total. The highest BCUT2D eigenvalue weighted by atomic mass is 16.6. The number of carbonyl (C=O) groups is 2. The first-order valence-electron chi connectivity index (χ1n) is 8.85. The molecule has 0 aliphatic rings. The predicted molar refractivity (Wildman–Crippen MR) is 111 cm³/mol. The molecule has 0 heterocycles. The normalized spacial score (nSPS) is 10.1. The molecule has 14 heteroatoms. The van der Waals surface area contributed by atoms with Gasteiger partial charge in [-0.3, -0.25) is 29.8 Å².